The first-order chi connectivity index (χ1) is 6.88. The van der Waals surface area contributed by atoms with Gasteiger partial charge in [-0.1, -0.05) is 38.5 Å². The van der Waals surface area contributed by atoms with Crippen LogP contribution in [0, 0.1) is 11.8 Å². The quantitative estimate of drug-likeness (QED) is 0.527. The molecule has 0 N–H and O–H groups in total. The van der Waals surface area contributed by atoms with E-state index < -0.39 is 0 Å². The van der Waals surface area contributed by atoms with E-state index in [1.165, 1.54) is 64.2 Å². The molecule has 2 heteroatoms. The predicted molar refractivity (Wildman–Crippen MR) is 81.3 cm³/mol. The summed E-state index contributed by atoms with van der Waals surface area (Å²) in [6.07, 6.45) is 14.7. The lowest BCUT2D eigenvalue weighted by Gasteiger charge is -2.34. The van der Waals surface area contributed by atoms with Crippen molar-refractivity contribution in [3.8, 4) is 0 Å². The summed E-state index contributed by atoms with van der Waals surface area (Å²) in [6, 6.07) is 0. The van der Waals surface area contributed by atoms with E-state index in [4.69, 9.17) is 12.6 Å². The lowest BCUT2D eigenvalue weighted by molar-refractivity contribution is 0.256. The molecule has 0 unspecified atom stereocenters. The number of halogens is 1. The van der Waals surface area contributed by atoms with Crippen LogP contribution in [0.4, 0.5) is 0 Å². The second-order valence-corrected chi connectivity index (χ2v) is 5.88. The van der Waals surface area contributed by atoms with Gasteiger partial charge in [-0.3, -0.25) is 0 Å². The van der Waals surface area contributed by atoms with E-state index in [2.05, 4.69) is 0 Å². The molecule has 0 radical (unpaired) electrons. The molecule has 0 nitrogen and oxygen atoms in total. The molecule has 90 valence electrons. The van der Waals surface area contributed by atoms with Crippen molar-refractivity contribution in [1.82, 2.24) is 0 Å². The zero-order valence-electron chi connectivity index (χ0n) is 9.66. The summed E-state index contributed by atoms with van der Waals surface area (Å²) in [5, 5.41) is 0.732. The highest BCUT2D eigenvalue weighted by Gasteiger charge is 2.28. The van der Waals surface area contributed by atoms with Crippen molar-refractivity contribution in [3.63, 3.8) is 0 Å². The largest absolute Gasteiger partial charge is 0.175 e. The SMILES string of the molecule is I.SC(C1CCCCC1)C1CCCCC1. The van der Waals surface area contributed by atoms with Crippen LogP contribution in [0.5, 0.6) is 0 Å². The van der Waals surface area contributed by atoms with Crippen molar-refractivity contribution in [2.45, 2.75) is 69.5 Å². The summed E-state index contributed by atoms with van der Waals surface area (Å²) < 4.78 is 0. The van der Waals surface area contributed by atoms with Crippen LogP contribution in [0.25, 0.3) is 0 Å². The van der Waals surface area contributed by atoms with E-state index in [-0.39, 0.29) is 24.0 Å². The third-order valence-corrected chi connectivity index (χ3v) is 5.11. The molecular weight excluding hydrogens is 315 g/mol. The molecule has 0 amide bonds. The Morgan fingerprint density at radius 2 is 1.00 bits per heavy atom. The fourth-order valence-corrected chi connectivity index (χ4v) is 3.93. The molecule has 0 aromatic rings. The summed E-state index contributed by atoms with van der Waals surface area (Å²) in [5.74, 6) is 1.91. The number of hydrogen-bond donors (Lipinski definition) is 1. The number of rotatable bonds is 2. The van der Waals surface area contributed by atoms with Crippen molar-refractivity contribution in [1.29, 1.82) is 0 Å². The van der Waals surface area contributed by atoms with E-state index in [1.54, 1.807) is 0 Å². The van der Waals surface area contributed by atoms with Gasteiger partial charge in [0.25, 0.3) is 0 Å². The second kappa shape index (κ2) is 7.41. The third-order valence-electron chi connectivity index (χ3n) is 4.27. The third kappa shape index (κ3) is 4.10. The molecule has 0 bridgehead atoms. The molecular formula is C13H25IS. The molecule has 0 aliphatic heterocycles. The smallest absolute Gasteiger partial charge is 0.00733 e. The van der Waals surface area contributed by atoms with Crippen LogP contribution < -0.4 is 0 Å². The first kappa shape index (κ1) is 14.1. The highest BCUT2D eigenvalue weighted by Crippen LogP contribution is 2.38. The van der Waals surface area contributed by atoms with E-state index in [0.717, 1.165) is 17.1 Å². The minimum atomic E-state index is 0. The Morgan fingerprint density at radius 1 is 0.667 bits per heavy atom. The van der Waals surface area contributed by atoms with Crippen molar-refractivity contribution >= 4 is 36.6 Å². The average molecular weight is 340 g/mol. The van der Waals surface area contributed by atoms with Crippen LogP contribution in [0.15, 0.2) is 0 Å². The standard InChI is InChI=1S/C13H24S.HI/c14-13(11-7-3-1-4-8-11)12-9-5-2-6-10-12;/h11-14H,1-10H2;1H. The summed E-state index contributed by atoms with van der Waals surface area (Å²) in [5.41, 5.74) is 0. The summed E-state index contributed by atoms with van der Waals surface area (Å²) in [4.78, 5) is 0. The molecule has 2 fully saturated rings. The van der Waals surface area contributed by atoms with Gasteiger partial charge in [-0.25, -0.2) is 0 Å². The van der Waals surface area contributed by atoms with Gasteiger partial charge in [0, 0.05) is 5.25 Å². The van der Waals surface area contributed by atoms with Gasteiger partial charge in [0.2, 0.25) is 0 Å². The van der Waals surface area contributed by atoms with Gasteiger partial charge in [0.1, 0.15) is 0 Å². The highest BCUT2D eigenvalue weighted by atomic mass is 127. The predicted octanol–water partition coefficient (Wildman–Crippen LogP) is 5.06. The van der Waals surface area contributed by atoms with E-state index in [0.29, 0.717) is 0 Å². The zero-order chi connectivity index (χ0) is 9.80. The van der Waals surface area contributed by atoms with Gasteiger partial charge < -0.3 is 0 Å². The van der Waals surface area contributed by atoms with Gasteiger partial charge in [-0.15, -0.1) is 24.0 Å². The zero-order valence-corrected chi connectivity index (χ0v) is 12.9. The van der Waals surface area contributed by atoms with Gasteiger partial charge >= 0.3 is 0 Å². The normalized spacial score (nSPS) is 25.2. The molecule has 0 aromatic heterocycles. The van der Waals surface area contributed by atoms with Crippen LogP contribution in [0.3, 0.4) is 0 Å². The van der Waals surface area contributed by atoms with Gasteiger partial charge in [-0.05, 0) is 37.5 Å². The molecule has 15 heavy (non-hydrogen) atoms. The molecule has 2 aliphatic carbocycles. The Hall–Kier alpha value is 1.08. The van der Waals surface area contributed by atoms with Crippen molar-refractivity contribution < 1.29 is 0 Å². The second-order valence-electron chi connectivity index (χ2n) is 5.29. The summed E-state index contributed by atoms with van der Waals surface area (Å²) in [6.45, 7) is 0. The van der Waals surface area contributed by atoms with Crippen LogP contribution >= 0.6 is 36.6 Å². The molecule has 2 rings (SSSR count). The van der Waals surface area contributed by atoms with Crippen molar-refractivity contribution in [2.24, 2.45) is 11.8 Å². The van der Waals surface area contributed by atoms with Gasteiger partial charge in [0.15, 0.2) is 0 Å². The minimum absolute atomic E-state index is 0. The van der Waals surface area contributed by atoms with Crippen LogP contribution in [0.1, 0.15) is 64.2 Å². The highest BCUT2D eigenvalue weighted by molar-refractivity contribution is 14.0. The first-order valence-corrected chi connectivity index (χ1v) is 7.07. The minimum Gasteiger partial charge on any atom is -0.175 e. The Bertz CT molecular complexity index is 142. The molecule has 0 aromatic carbocycles. The summed E-state index contributed by atoms with van der Waals surface area (Å²) in [7, 11) is 0. The van der Waals surface area contributed by atoms with E-state index >= 15 is 0 Å². The Balaban J connectivity index is 0.00000112. The number of hydrogen-bond acceptors (Lipinski definition) is 1. The Labute approximate surface area is 117 Å². The van der Waals surface area contributed by atoms with Gasteiger partial charge in [0.05, 0.1) is 0 Å². The van der Waals surface area contributed by atoms with Crippen LogP contribution in [-0.2, 0) is 0 Å². The summed E-state index contributed by atoms with van der Waals surface area (Å²) >= 11 is 4.92. The maximum absolute atomic E-state index is 4.92. The molecule has 2 saturated carbocycles. The fourth-order valence-electron chi connectivity index (χ4n) is 3.34. The molecule has 0 heterocycles. The van der Waals surface area contributed by atoms with E-state index in [1.807, 2.05) is 0 Å². The monoisotopic (exact) mass is 340 g/mol. The lowest BCUT2D eigenvalue weighted by atomic mass is 9.77. The maximum Gasteiger partial charge on any atom is 0.00733 e. The van der Waals surface area contributed by atoms with E-state index in [9.17, 15) is 0 Å². The molecule has 0 spiro atoms. The lowest BCUT2D eigenvalue weighted by Crippen LogP contribution is -2.27. The van der Waals surface area contributed by atoms with Crippen molar-refractivity contribution in [2.75, 3.05) is 0 Å². The maximum atomic E-state index is 4.92. The van der Waals surface area contributed by atoms with Crippen LogP contribution in [-0.4, -0.2) is 5.25 Å². The Kier molecular flexibility index (Phi) is 6.99. The fraction of sp³-hybridized carbons (Fsp3) is 1.00. The molecule has 0 saturated heterocycles. The Morgan fingerprint density at radius 3 is 1.33 bits per heavy atom. The van der Waals surface area contributed by atoms with Crippen molar-refractivity contribution in [3.05, 3.63) is 0 Å². The topological polar surface area (TPSA) is 0 Å². The van der Waals surface area contributed by atoms with Gasteiger partial charge in [-0.2, -0.15) is 12.6 Å². The number of thiol groups is 1. The van der Waals surface area contributed by atoms with Crippen LogP contribution in [0.2, 0.25) is 0 Å². The average Bonchev–Trinajstić information content (AvgIpc) is 2.30. The first-order valence-electron chi connectivity index (χ1n) is 6.56. The molecule has 0 atom stereocenters. The molecule has 2 aliphatic rings.